The topological polar surface area (TPSA) is 161 Å². The Bertz CT molecular complexity index is 2540. The number of ether oxygens (including phenoxy) is 4. The van der Waals surface area contributed by atoms with Crippen LogP contribution in [0.2, 0.25) is 30.1 Å². The lowest BCUT2D eigenvalue weighted by atomic mass is 10.1. The Balaban J connectivity index is 1.28. The van der Waals surface area contributed by atoms with E-state index in [1.807, 2.05) is 0 Å². The van der Waals surface area contributed by atoms with Crippen molar-refractivity contribution < 1.29 is 38.1 Å². The number of rotatable bonds is 10. The van der Waals surface area contributed by atoms with Gasteiger partial charge in [-0.25, -0.2) is 29.3 Å². The van der Waals surface area contributed by atoms with Crippen molar-refractivity contribution in [3.05, 3.63) is 150 Å². The number of nitrogens with one attached hydrogen (secondary N) is 1. The van der Waals surface area contributed by atoms with E-state index in [0.717, 1.165) is 0 Å². The molecule has 19 heteroatoms. The molecule has 0 spiro atoms. The van der Waals surface area contributed by atoms with E-state index in [2.05, 4.69) is 20.3 Å². The summed E-state index contributed by atoms with van der Waals surface area (Å²) in [5.41, 5.74) is 0.420. The number of anilines is 1. The second-order valence-corrected chi connectivity index (χ2v) is 14.7. The largest absolute Gasteiger partial charge is 0.459 e. The number of amides is 1. The first kappa shape index (κ1) is 40.2. The van der Waals surface area contributed by atoms with Gasteiger partial charge in [-0.3, -0.25) is 9.36 Å². The van der Waals surface area contributed by atoms with Crippen LogP contribution in [-0.4, -0.2) is 68.3 Å². The molecule has 290 valence electrons. The van der Waals surface area contributed by atoms with Crippen LogP contribution >= 0.6 is 69.6 Å². The molecule has 0 aliphatic carbocycles. The fourth-order valence-corrected chi connectivity index (χ4v) is 7.26. The van der Waals surface area contributed by atoms with Crippen LogP contribution in [-0.2, 0) is 18.9 Å². The first-order valence-corrected chi connectivity index (χ1v) is 18.8. The Morgan fingerprint density at radius 3 is 1.77 bits per heavy atom. The van der Waals surface area contributed by atoms with E-state index in [1.165, 1.54) is 71.8 Å². The van der Waals surface area contributed by atoms with Crippen LogP contribution < -0.4 is 5.32 Å². The number of carbonyl (C=O) groups is 4. The Labute approximate surface area is 352 Å². The lowest BCUT2D eigenvalue weighted by Gasteiger charge is -2.25. The van der Waals surface area contributed by atoms with E-state index in [9.17, 15) is 19.2 Å². The molecule has 7 rings (SSSR count). The number of nitrogens with zero attached hydrogens (tertiary/aromatic N) is 4. The maximum absolute atomic E-state index is 13.8. The molecule has 4 aromatic carbocycles. The minimum absolute atomic E-state index is 0.0140. The second kappa shape index (κ2) is 17.2. The minimum Gasteiger partial charge on any atom is -0.459 e. The summed E-state index contributed by atoms with van der Waals surface area (Å²) in [6, 6.07) is 20.9. The van der Waals surface area contributed by atoms with Crippen molar-refractivity contribution in [2.24, 2.45) is 0 Å². The van der Waals surface area contributed by atoms with Gasteiger partial charge in [-0.2, -0.15) is 0 Å². The number of hydrogen-bond acceptors (Lipinski definition) is 11. The quantitative estimate of drug-likeness (QED) is 0.103. The van der Waals surface area contributed by atoms with Crippen molar-refractivity contribution in [3.63, 3.8) is 0 Å². The van der Waals surface area contributed by atoms with Gasteiger partial charge in [0, 0.05) is 20.6 Å². The Morgan fingerprint density at radius 2 is 1.21 bits per heavy atom. The molecule has 1 N–H and O–H groups in total. The zero-order chi connectivity index (χ0) is 40.4. The van der Waals surface area contributed by atoms with E-state index in [1.54, 1.807) is 30.3 Å². The van der Waals surface area contributed by atoms with Gasteiger partial charge in [-0.05, 0) is 66.7 Å². The molecular weight excluding hydrogens is 867 g/mol. The van der Waals surface area contributed by atoms with Crippen molar-refractivity contribution in [2.45, 2.75) is 24.5 Å². The Morgan fingerprint density at radius 1 is 0.667 bits per heavy atom. The second-order valence-electron chi connectivity index (χ2n) is 12.1. The molecule has 0 radical (unpaired) electrons. The lowest BCUT2D eigenvalue weighted by Crippen LogP contribution is -2.41. The number of imidazole rings is 1. The van der Waals surface area contributed by atoms with Crippen LogP contribution in [0.15, 0.2) is 97.6 Å². The summed E-state index contributed by atoms with van der Waals surface area (Å²) < 4.78 is 25.5. The summed E-state index contributed by atoms with van der Waals surface area (Å²) in [4.78, 5) is 67.0. The maximum Gasteiger partial charge on any atom is 0.340 e. The summed E-state index contributed by atoms with van der Waals surface area (Å²) >= 11 is 37.2. The van der Waals surface area contributed by atoms with Crippen molar-refractivity contribution in [1.82, 2.24) is 19.5 Å². The number of fused-ring (bicyclic) bond motifs is 1. The highest BCUT2D eigenvalue weighted by molar-refractivity contribution is 6.37. The van der Waals surface area contributed by atoms with Crippen LogP contribution in [0, 0.1) is 0 Å². The zero-order valence-electron chi connectivity index (χ0n) is 28.6. The molecular formula is C38H23Cl6N5O8. The molecule has 0 saturated carbocycles. The molecule has 3 heterocycles. The van der Waals surface area contributed by atoms with E-state index < -0.39 is 55.0 Å². The van der Waals surface area contributed by atoms with Crippen LogP contribution in [0.5, 0.6) is 0 Å². The number of aromatic nitrogens is 4. The highest BCUT2D eigenvalue weighted by atomic mass is 35.5. The summed E-state index contributed by atoms with van der Waals surface area (Å²) in [6.07, 6.45) is -3.24. The van der Waals surface area contributed by atoms with E-state index in [0.29, 0.717) is 5.56 Å². The Kier molecular flexibility index (Phi) is 12.2. The van der Waals surface area contributed by atoms with Gasteiger partial charge in [0.05, 0.1) is 38.1 Å². The summed E-state index contributed by atoms with van der Waals surface area (Å²) in [5.74, 6) is -3.20. The van der Waals surface area contributed by atoms with Crippen LogP contribution in [0.25, 0.3) is 11.2 Å². The van der Waals surface area contributed by atoms with E-state index in [-0.39, 0.29) is 63.8 Å². The standard InChI is InChI=1S/C38H23Cl6N5O8/c39-19-6-9-22(25(42)12-19)36(51)54-15-28-30(56-37(52)23-10-7-20(40)13-26(23)43)31(57-38(53)24-11-8-21(41)14-27(24)44)35(55-28)49-17-47-29-32(45-16-46-33(29)49)48-34(50)18-4-2-1-3-5-18/h1-14,16-17,28,30-31,35H,15H2,(H,45,46,48,50)/t28-,30-,31+,35-/m1/s1. The van der Waals surface area contributed by atoms with Gasteiger partial charge in [-0.15, -0.1) is 0 Å². The predicted octanol–water partition coefficient (Wildman–Crippen LogP) is 9.20. The third kappa shape index (κ3) is 8.80. The van der Waals surface area contributed by atoms with E-state index in [4.69, 9.17) is 88.6 Å². The van der Waals surface area contributed by atoms with Crippen molar-refractivity contribution >= 4 is 110 Å². The SMILES string of the molecule is O=C(Nc1ncnc2c1ncn2[C@@H]1O[C@H](COC(=O)c2ccc(Cl)cc2Cl)[C@@H](OC(=O)c2ccc(Cl)cc2Cl)[C@@H]1OC(=O)c1ccc(Cl)cc1Cl)c1ccccc1. The lowest BCUT2D eigenvalue weighted by molar-refractivity contribution is -0.0606. The number of esters is 3. The average Bonchev–Trinajstić information content (AvgIpc) is 3.75. The molecule has 1 amide bonds. The molecule has 6 aromatic rings. The highest BCUT2D eigenvalue weighted by Crippen LogP contribution is 2.38. The Hall–Kier alpha value is -4.99. The van der Waals surface area contributed by atoms with Gasteiger partial charge in [0.2, 0.25) is 0 Å². The first-order valence-electron chi connectivity index (χ1n) is 16.5. The maximum atomic E-state index is 13.8. The smallest absolute Gasteiger partial charge is 0.340 e. The summed E-state index contributed by atoms with van der Waals surface area (Å²) in [7, 11) is 0. The molecule has 1 aliphatic heterocycles. The van der Waals surface area contributed by atoms with Gasteiger partial charge >= 0.3 is 17.9 Å². The van der Waals surface area contributed by atoms with Gasteiger partial charge in [0.15, 0.2) is 35.4 Å². The molecule has 2 aromatic heterocycles. The highest BCUT2D eigenvalue weighted by Gasteiger charge is 2.52. The number of hydrogen-bond donors (Lipinski definition) is 1. The van der Waals surface area contributed by atoms with Gasteiger partial charge in [-0.1, -0.05) is 87.8 Å². The van der Waals surface area contributed by atoms with Crippen molar-refractivity contribution in [3.8, 4) is 0 Å². The van der Waals surface area contributed by atoms with Crippen LogP contribution in [0.1, 0.15) is 47.7 Å². The molecule has 0 unspecified atom stereocenters. The predicted molar refractivity (Wildman–Crippen MR) is 212 cm³/mol. The van der Waals surface area contributed by atoms with Crippen molar-refractivity contribution in [1.29, 1.82) is 0 Å². The molecule has 0 bridgehead atoms. The zero-order valence-corrected chi connectivity index (χ0v) is 33.1. The average molecular weight is 890 g/mol. The third-order valence-corrected chi connectivity index (χ3v) is 10.1. The van der Waals surface area contributed by atoms with Gasteiger partial charge in [0.1, 0.15) is 19.0 Å². The molecule has 4 atom stereocenters. The number of carbonyl (C=O) groups excluding carboxylic acids is 4. The van der Waals surface area contributed by atoms with Gasteiger partial charge < -0.3 is 24.3 Å². The van der Waals surface area contributed by atoms with Crippen LogP contribution in [0.4, 0.5) is 5.82 Å². The first-order chi connectivity index (χ1) is 27.4. The fourth-order valence-electron chi connectivity index (χ4n) is 5.81. The monoisotopic (exact) mass is 887 g/mol. The van der Waals surface area contributed by atoms with Crippen LogP contribution in [0.3, 0.4) is 0 Å². The minimum atomic E-state index is -1.52. The molecule has 1 fully saturated rings. The summed E-state index contributed by atoms with van der Waals surface area (Å²) in [6.45, 7) is -0.559. The fraction of sp³-hybridized carbons (Fsp3) is 0.132. The van der Waals surface area contributed by atoms with Gasteiger partial charge in [0.25, 0.3) is 5.91 Å². The normalized spacial score (nSPS) is 17.6. The van der Waals surface area contributed by atoms with E-state index >= 15 is 0 Å². The molecule has 1 saturated heterocycles. The summed E-state index contributed by atoms with van der Waals surface area (Å²) in [5, 5.41) is 3.47. The molecule has 13 nitrogen and oxygen atoms in total. The number of benzene rings is 4. The number of halogens is 6. The van der Waals surface area contributed by atoms with Crippen molar-refractivity contribution in [2.75, 3.05) is 11.9 Å². The third-order valence-electron chi connectivity index (χ3n) is 8.50. The molecule has 57 heavy (non-hydrogen) atoms. The molecule has 1 aliphatic rings.